The SMILES string of the molecule is CCN(c1ccc(F)cc1)S(=O)(=O)c1ccc2c(c1)CCCN2C(C)=O. The standard InChI is InChI=1S/C19H21FN2O3S/c1-3-22(17-8-6-16(20)7-9-17)26(24,25)18-10-11-19-15(13-18)5-4-12-21(19)14(2)23/h6-11,13H,3-5,12H2,1-2H3. The van der Waals surface area contributed by atoms with Crippen LogP contribution >= 0.6 is 0 Å². The molecule has 0 saturated carbocycles. The number of hydrogen-bond donors (Lipinski definition) is 0. The molecule has 0 N–H and O–H groups in total. The van der Waals surface area contributed by atoms with Crippen LogP contribution in [0.2, 0.25) is 0 Å². The molecule has 138 valence electrons. The predicted octanol–water partition coefficient (Wildman–Crippen LogP) is 3.34. The summed E-state index contributed by atoms with van der Waals surface area (Å²) < 4.78 is 40.6. The highest BCUT2D eigenvalue weighted by atomic mass is 32.2. The molecule has 0 saturated heterocycles. The number of hydrogen-bond acceptors (Lipinski definition) is 3. The highest BCUT2D eigenvalue weighted by Gasteiger charge is 2.27. The normalized spacial score (nSPS) is 14.0. The van der Waals surface area contributed by atoms with Crippen molar-refractivity contribution in [3.05, 3.63) is 53.8 Å². The van der Waals surface area contributed by atoms with E-state index < -0.39 is 15.8 Å². The number of sulfonamides is 1. The number of rotatable bonds is 4. The smallest absolute Gasteiger partial charge is 0.264 e. The molecule has 2 aromatic carbocycles. The van der Waals surface area contributed by atoms with Crippen LogP contribution in [0.5, 0.6) is 0 Å². The molecule has 1 heterocycles. The monoisotopic (exact) mass is 376 g/mol. The summed E-state index contributed by atoms with van der Waals surface area (Å²) >= 11 is 0. The molecule has 1 aliphatic rings. The number of fused-ring (bicyclic) bond motifs is 1. The number of nitrogens with zero attached hydrogens (tertiary/aromatic N) is 2. The van der Waals surface area contributed by atoms with Gasteiger partial charge in [0.25, 0.3) is 10.0 Å². The molecule has 0 atom stereocenters. The van der Waals surface area contributed by atoms with Gasteiger partial charge in [-0.3, -0.25) is 9.10 Å². The quantitative estimate of drug-likeness (QED) is 0.822. The van der Waals surface area contributed by atoms with E-state index in [2.05, 4.69) is 0 Å². The lowest BCUT2D eigenvalue weighted by Crippen LogP contribution is -2.34. The van der Waals surface area contributed by atoms with Crippen LogP contribution in [0.25, 0.3) is 0 Å². The second-order valence-electron chi connectivity index (χ2n) is 6.21. The number of halogens is 1. The fraction of sp³-hybridized carbons (Fsp3) is 0.316. The highest BCUT2D eigenvalue weighted by Crippen LogP contribution is 2.31. The Balaban J connectivity index is 2.01. The third kappa shape index (κ3) is 3.31. The van der Waals surface area contributed by atoms with E-state index in [1.54, 1.807) is 24.0 Å². The third-order valence-corrected chi connectivity index (χ3v) is 6.44. The minimum Gasteiger partial charge on any atom is -0.312 e. The summed E-state index contributed by atoms with van der Waals surface area (Å²) in [6.07, 6.45) is 1.52. The van der Waals surface area contributed by atoms with Crippen LogP contribution in [-0.2, 0) is 21.2 Å². The van der Waals surface area contributed by atoms with Gasteiger partial charge in [-0.2, -0.15) is 0 Å². The van der Waals surface area contributed by atoms with Gasteiger partial charge in [-0.1, -0.05) is 0 Å². The van der Waals surface area contributed by atoms with Crippen LogP contribution in [0.15, 0.2) is 47.4 Å². The van der Waals surface area contributed by atoms with E-state index in [4.69, 9.17) is 0 Å². The molecule has 0 aliphatic carbocycles. The number of benzene rings is 2. The number of carbonyl (C=O) groups is 1. The molecule has 26 heavy (non-hydrogen) atoms. The first-order valence-electron chi connectivity index (χ1n) is 8.54. The van der Waals surface area contributed by atoms with Crippen LogP contribution in [0.3, 0.4) is 0 Å². The zero-order valence-corrected chi connectivity index (χ0v) is 15.6. The molecule has 0 radical (unpaired) electrons. The Hall–Kier alpha value is -2.41. The topological polar surface area (TPSA) is 57.7 Å². The average molecular weight is 376 g/mol. The molecule has 7 heteroatoms. The lowest BCUT2D eigenvalue weighted by atomic mass is 10.0. The Morgan fingerprint density at radius 2 is 1.88 bits per heavy atom. The average Bonchev–Trinajstić information content (AvgIpc) is 2.62. The van der Waals surface area contributed by atoms with Crippen molar-refractivity contribution < 1.29 is 17.6 Å². The van der Waals surface area contributed by atoms with Gasteiger partial charge >= 0.3 is 0 Å². The molecule has 1 amide bonds. The molecule has 3 rings (SSSR count). The van der Waals surface area contributed by atoms with Gasteiger partial charge in [-0.05, 0) is 67.8 Å². The molecule has 2 aromatic rings. The first-order chi connectivity index (χ1) is 12.3. The first-order valence-corrected chi connectivity index (χ1v) is 9.98. The maximum absolute atomic E-state index is 13.2. The molecule has 0 bridgehead atoms. The van der Waals surface area contributed by atoms with E-state index in [9.17, 15) is 17.6 Å². The number of amides is 1. The van der Waals surface area contributed by atoms with Gasteiger partial charge in [0.05, 0.1) is 10.6 Å². The fourth-order valence-electron chi connectivity index (χ4n) is 3.29. The summed E-state index contributed by atoms with van der Waals surface area (Å²) in [6.45, 7) is 4.11. The zero-order valence-electron chi connectivity index (χ0n) is 14.8. The summed E-state index contributed by atoms with van der Waals surface area (Å²) in [5, 5.41) is 0. The van der Waals surface area contributed by atoms with Crippen molar-refractivity contribution >= 4 is 27.3 Å². The predicted molar refractivity (Wildman–Crippen MR) is 99.4 cm³/mol. The van der Waals surface area contributed by atoms with Gasteiger partial charge in [-0.25, -0.2) is 12.8 Å². The summed E-state index contributed by atoms with van der Waals surface area (Å²) in [5.74, 6) is -0.469. The van der Waals surface area contributed by atoms with Gasteiger partial charge in [0.1, 0.15) is 5.82 Å². The van der Waals surface area contributed by atoms with Gasteiger partial charge in [-0.15, -0.1) is 0 Å². The number of aryl methyl sites for hydroxylation is 1. The van der Waals surface area contributed by atoms with E-state index in [0.717, 1.165) is 24.1 Å². The highest BCUT2D eigenvalue weighted by molar-refractivity contribution is 7.92. The third-order valence-electron chi connectivity index (χ3n) is 4.54. The van der Waals surface area contributed by atoms with Gasteiger partial charge in [0.2, 0.25) is 5.91 Å². The van der Waals surface area contributed by atoms with E-state index in [0.29, 0.717) is 12.2 Å². The van der Waals surface area contributed by atoms with Crippen molar-refractivity contribution in [3.63, 3.8) is 0 Å². The maximum Gasteiger partial charge on any atom is 0.264 e. The zero-order chi connectivity index (χ0) is 18.9. The van der Waals surface area contributed by atoms with E-state index in [1.807, 2.05) is 0 Å². The summed E-state index contributed by atoms with van der Waals surface area (Å²) in [5.41, 5.74) is 2.03. The Morgan fingerprint density at radius 1 is 1.19 bits per heavy atom. The van der Waals surface area contributed by atoms with E-state index >= 15 is 0 Å². The molecule has 0 unspecified atom stereocenters. The van der Waals surface area contributed by atoms with E-state index in [1.165, 1.54) is 41.6 Å². The van der Waals surface area contributed by atoms with Crippen LogP contribution in [0.4, 0.5) is 15.8 Å². The molecule has 1 aliphatic heterocycles. The van der Waals surface area contributed by atoms with Gasteiger partial charge < -0.3 is 4.90 Å². The van der Waals surface area contributed by atoms with Crippen molar-refractivity contribution in [2.24, 2.45) is 0 Å². The van der Waals surface area contributed by atoms with Crippen molar-refractivity contribution in [2.45, 2.75) is 31.6 Å². The Bertz CT molecular complexity index is 926. The van der Waals surface area contributed by atoms with Crippen molar-refractivity contribution in [2.75, 3.05) is 22.3 Å². The lowest BCUT2D eigenvalue weighted by Gasteiger charge is -2.29. The van der Waals surface area contributed by atoms with Crippen molar-refractivity contribution in [1.82, 2.24) is 0 Å². The minimum absolute atomic E-state index is 0.0527. The lowest BCUT2D eigenvalue weighted by molar-refractivity contribution is -0.116. The van der Waals surface area contributed by atoms with Crippen molar-refractivity contribution in [3.8, 4) is 0 Å². The molecule has 0 aromatic heterocycles. The van der Waals surface area contributed by atoms with Gasteiger partial charge in [0.15, 0.2) is 0 Å². The summed E-state index contributed by atoms with van der Waals surface area (Å²) in [4.78, 5) is 13.6. The molecule has 0 spiro atoms. The number of carbonyl (C=O) groups excluding carboxylic acids is 1. The maximum atomic E-state index is 13.2. The molecular weight excluding hydrogens is 355 g/mol. The Morgan fingerprint density at radius 3 is 2.50 bits per heavy atom. The molecule has 0 fully saturated rings. The summed E-state index contributed by atoms with van der Waals surface area (Å²) in [7, 11) is -3.78. The second kappa shape index (κ2) is 7.07. The Kier molecular flexibility index (Phi) is 5.00. The van der Waals surface area contributed by atoms with Crippen LogP contribution in [0.1, 0.15) is 25.8 Å². The number of anilines is 2. The van der Waals surface area contributed by atoms with Crippen molar-refractivity contribution in [1.29, 1.82) is 0 Å². The fourth-order valence-corrected chi connectivity index (χ4v) is 4.81. The van der Waals surface area contributed by atoms with E-state index in [-0.39, 0.29) is 17.3 Å². The Labute approximate surface area is 153 Å². The van der Waals surface area contributed by atoms with Crippen LogP contribution < -0.4 is 9.21 Å². The molecular formula is C19H21FN2O3S. The first kappa shape index (κ1) is 18.4. The molecule has 5 nitrogen and oxygen atoms in total. The van der Waals surface area contributed by atoms with Gasteiger partial charge in [0, 0.05) is 25.7 Å². The summed E-state index contributed by atoms with van der Waals surface area (Å²) in [6, 6.07) is 10.3. The minimum atomic E-state index is -3.78. The van der Waals surface area contributed by atoms with Crippen LogP contribution in [0, 0.1) is 5.82 Å². The largest absolute Gasteiger partial charge is 0.312 e. The van der Waals surface area contributed by atoms with Crippen LogP contribution in [-0.4, -0.2) is 27.4 Å². The second-order valence-corrected chi connectivity index (χ2v) is 8.07.